The Morgan fingerprint density at radius 2 is 1.40 bits per heavy atom. The summed E-state index contributed by atoms with van der Waals surface area (Å²) in [4.78, 5) is 10.8. The SMILES string of the molecule is NC(=O)C(O)C(O)c1ccc(-c2ccc(Cl)cc2)cc1. The van der Waals surface area contributed by atoms with Gasteiger partial charge in [-0.15, -0.1) is 0 Å². The summed E-state index contributed by atoms with van der Waals surface area (Å²) in [7, 11) is 0. The van der Waals surface area contributed by atoms with Crippen molar-refractivity contribution in [1.29, 1.82) is 0 Å². The molecule has 4 nitrogen and oxygen atoms in total. The second-order valence-electron chi connectivity index (χ2n) is 4.42. The van der Waals surface area contributed by atoms with Gasteiger partial charge in [0, 0.05) is 5.02 Å². The van der Waals surface area contributed by atoms with Crippen LogP contribution >= 0.6 is 11.6 Å². The van der Waals surface area contributed by atoms with Crippen LogP contribution < -0.4 is 5.73 Å². The normalized spacial score (nSPS) is 13.8. The number of hydrogen-bond acceptors (Lipinski definition) is 3. The van der Waals surface area contributed by atoms with E-state index >= 15 is 0 Å². The molecule has 0 spiro atoms. The summed E-state index contributed by atoms with van der Waals surface area (Å²) in [5, 5.41) is 19.9. The van der Waals surface area contributed by atoms with E-state index in [1.54, 1.807) is 36.4 Å². The molecule has 0 aliphatic rings. The molecule has 0 aliphatic carbocycles. The monoisotopic (exact) mass is 291 g/mol. The van der Waals surface area contributed by atoms with Gasteiger partial charge in [-0.1, -0.05) is 48.0 Å². The van der Waals surface area contributed by atoms with Crippen molar-refractivity contribution in [3.05, 3.63) is 59.1 Å². The number of primary amides is 1. The zero-order chi connectivity index (χ0) is 14.7. The van der Waals surface area contributed by atoms with Crippen LogP contribution in [0.4, 0.5) is 0 Å². The Morgan fingerprint density at radius 3 is 1.85 bits per heavy atom. The van der Waals surface area contributed by atoms with Crippen molar-refractivity contribution < 1.29 is 15.0 Å². The largest absolute Gasteiger partial charge is 0.385 e. The maximum atomic E-state index is 10.8. The summed E-state index contributed by atoms with van der Waals surface area (Å²) >= 11 is 5.83. The molecule has 0 bridgehead atoms. The molecule has 0 fully saturated rings. The molecule has 2 aromatic rings. The van der Waals surface area contributed by atoms with Crippen LogP contribution in [0.5, 0.6) is 0 Å². The van der Waals surface area contributed by atoms with E-state index in [2.05, 4.69) is 0 Å². The van der Waals surface area contributed by atoms with Gasteiger partial charge in [0.1, 0.15) is 6.10 Å². The zero-order valence-corrected chi connectivity index (χ0v) is 11.3. The summed E-state index contributed by atoms with van der Waals surface area (Å²) in [5.74, 6) is -0.959. The van der Waals surface area contributed by atoms with E-state index in [1.165, 1.54) is 0 Å². The molecule has 0 saturated carbocycles. The smallest absolute Gasteiger partial charge is 0.249 e. The van der Waals surface area contributed by atoms with Crippen molar-refractivity contribution in [2.75, 3.05) is 0 Å². The predicted octanol–water partition coefficient (Wildman–Crippen LogP) is 1.89. The second kappa shape index (κ2) is 6.05. The summed E-state index contributed by atoms with van der Waals surface area (Å²) in [6.45, 7) is 0. The zero-order valence-electron chi connectivity index (χ0n) is 10.5. The molecule has 20 heavy (non-hydrogen) atoms. The van der Waals surface area contributed by atoms with E-state index in [4.69, 9.17) is 17.3 Å². The molecule has 0 radical (unpaired) electrons. The topological polar surface area (TPSA) is 83.6 Å². The molecule has 2 atom stereocenters. The van der Waals surface area contributed by atoms with Crippen LogP contribution in [0.15, 0.2) is 48.5 Å². The van der Waals surface area contributed by atoms with Crippen molar-refractivity contribution >= 4 is 17.5 Å². The molecule has 104 valence electrons. The molecule has 0 aliphatic heterocycles. The van der Waals surface area contributed by atoms with Gasteiger partial charge in [-0.25, -0.2) is 0 Å². The van der Waals surface area contributed by atoms with Crippen LogP contribution in [0, 0.1) is 0 Å². The van der Waals surface area contributed by atoms with Crippen LogP contribution in [0.2, 0.25) is 5.02 Å². The van der Waals surface area contributed by atoms with Crippen LogP contribution in [-0.2, 0) is 4.79 Å². The lowest BCUT2D eigenvalue weighted by Crippen LogP contribution is -2.33. The molecular weight excluding hydrogens is 278 g/mol. The van der Waals surface area contributed by atoms with Crippen LogP contribution in [-0.4, -0.2) is 22.2 Å². The Morgan fingerprint density at radius 1 is 0.950 bits per heavy atom. The highest BCUT2D eigenvalue weighted by molar-refractivity contribution is 6.30. The molecular formula is C15H14ClNO3. The first-order valence-corrected chi connectivity index (χ1v) is 6.38. The fraction of sp³-hybridized carbons (Fsp3) is 0.133. The van der Waals surface area contributed by atoms with Gasteiger partial charge in [0.2, 0.25) is 5.91 Å². The number of carbonyl (C=O) groups excluding carboxylic acids is 1. The van der Waals surface area contributed by atoms with E-state index in [1.807, 2.05) is 12.1 Å². The molecule has 2 unspecified atom stereocenters. The minimum Gasteiger partial charge on any atom is -0.385 e. The van der Waals surface area contributed by atoms with Gasteiger partial charge in [-0.05, 0) is 28.8 Å². The number of aliphatic hydroxyl groups excluding tert-OH is 2. The lowest BCUT2D eigenvalue weighted by atomic mass is 9.99. The Hall–Kier alpha value is -1.88. The minimum atomic E-state index is -1.61. The van der Waals surface area contributed by atoms with E-state index in [9.17, 15) is 15.0 Å². The van der Waals surface area contributed by atoms with Gasteiger partial charge in [-0.2, -0.15) is 0 Å². The van der Waals surface area contributed by atoms with Gasteiger partial charge in [-0.3, -0.25) is 4.79 Å². The lowest BCUT2D eigenvalue weighted by Gasteiger charge is -2.15. The Kier molecular flexibility index (Phi) is 4.39. The van der Waals surface area contributed by atoms with Crippen molar-refractivity contribution in [1.82, 2.24) is 0 Å². The summed E-state index contributed by atoms with van der Waals surface area (Å²) in [6, 6.07) is 14.2. The number of benzene rings is 2. The fourth-order valence-electron chi connectivity index (χ4n) is 1.85. The first kappa shape index (κ1) is 14.5. The summed E-state index contributed by atoms with van der Waals surface area (Å²) in [6.07, 6.45) is -2.94. The molecule has 4 N–H and O–H groups in total. The number of amides is 1. The summed E-state index contributed by atoms with van der Waals surface area (Å²) in [5.41, 5.74) is 7.29. The number of aliphatic hydroxyl groups is 2. The Bertz CT molecular complexity index is 596. The van der Waals surface area contributed by atoms with E-state index < -0.39 is 18.1 Å². The number of rotatable bonds is 4. The highest BCUT2D eigenvalue weighted by atomic mass is 35.5. The van der Waals surface area contributed by atoms with Gasteiger partial charge < -0.3 is 15.9 Å². The van der Waals surface area contributed by atoms with Crippen LogP contribution in [0.1, 0.15) is 11.7 Å². The first-order valence-electron chi connectivity index (χ1n) is 6.00. The Balaban J connectivity index is 2.22. The number of hydrogen-bond donors (Lipinski definition) is 3. The van der Waals surface area contributed by atoms with Gasteiger partial charge in [0.15, 0.2) is 6.10 Å². The van der Waals surface area contributed by atoms with Crippen LogP contribution in [0.3, 0.4) is 0 Å². The lowest BCUT2D eigenvalue weighted by molar-refractivity contribution is -0.131. The van der Waals surface area contributed by atoms with E-state index in [-0.39, 0.29) is 0 Å². The van der Waals surface area contributed by atoms with Crippen molar-refractivity contribution in [2.24, 2.45) is 5.73 Å². The molecule has 2 rings (SSSR count). The third kappa shape index (κ3) is 3.17. The van der Waals surface area contributed by atoms with Crippen molar-refractivity contribution in [2.45, 2.75) is 12.2 Å². The molecule has 0 saturated heterocycles. The van der Waals surface area contributed by atoms with Crippen molar-refractivity contribution in [3.8, 4) is 11.1 Å². The maximum absolute atomic E-state index is 10.8. The van der Waals surface area contributed by atoms with Gasteiger partial charge in [0.25, 0.3) is 0 Å². The first-order chi connectivity index (χ1) is 9.49. The third-order valence-corrected chi connectivity index (χ3v) is 3.27. The number of halogens is 1. The average Bonchev–Trinajstić information content (AvgIpc) is 2.46. The number of carbonyl (C=O) groups is 1. The van der Waals surface area contributed by atoms with Gasteiger partial charge in [0.05, 0.1) is 0 Å². The van der Waals surface area contributed by atoms with Gasteiger partial charge >= 0.3 is 0 Å². The summed E-state index contributed by atoms with van der Waals surface area (Å²) < 4.78 is 0. The maximum Gasteiger partial charge on any atom is 0.249 e. The molecule has 0 heterocycles. The van der Waals surface area contributed by atoms with E-state index in [0.29, 0.717) is 10.6 Å². The molecule has 5 heteroatoms. The van der Waals surface area contributed by atoms with Crippen LogP contribution in [0.25, 0.3) is 11.1 Å². The predicted molar refractivity (Wildman–Crippen MR) is 77.0 cm³/mol. The Labute approximate surface area is 121 Å². The molecule has 0 aromatic heterocycles. The average molecular weight is 292 g/mol. The quantitative estimate of drug-likeness (QED) is 0.804. The fourth-order valence-corrected chi connectivity index (χ4v) is 1.98. The molecule has 2 aromatic carbocycles. The van der Waals surface area contributed by atoms with E-state index in [0.717, 1.165) is 11.1 Å². The number of nitrogens with two attached hydrogens (primary N) is 1. The second-order valence-corrected chi connectivity index (χ2v) is 4.86. The minimum absolute atomic E-state index is 0.425. The standard InChI is InChI=1S/C15H14ClNO3/c16-12-7-5-10(6-8-12)9-1-3-11(4-2-9)13(18)14(19)15(17)20/h1-8,13-14,18-19H,(H2,17,20). The third-order valence-electron chi connectivity index (χ3n) is 3.02. The highest BCUT2D eigenvalue weighted by Crippen LogP contribution is 2.24. The highest BCUT2D eigenvalue weighted by Gasteiger charge is 2.23. The van der Waals surface area contributed by atoms with Crippen molar-refractivity contribution in [3.63, 3.8) is 0 Å². The molecule has 1 amide bonds.